The summed E-state index contributed by atoms with van der Waals surface area (Å²) in [7, 11) is 0. The number of ether oxygens (including phenoxy) is 1. The molecule has 1 saturated carbocycles. The van der Waals surface area contributed by atoms with Crippen molar-refractivity contribution in [1.82, 2.24) is 0 Å². The van der Waals surface area contributed by atoms with E-state index in [9.17, 15) is 4.79 Å². The Bertz CT molecular complexity index is 491. The summed E-state index contributed by atoms with van der Waals surface area (Å²) in [6.07, 6.45) is 4.96. The SMILES string of the molecule is CC1CCc2cc(C(CC(=O)O)C3CC3)ccc2O1. The molecule has 3 heteroatoms. The molecule has 0 spiro atoms. The van der Waals surface area contributed by atoms with E-state index in [0.29, 0.717) is 5.92 Å². The summed E-state index contributed by atoms with van der Waals surface area (Å²) in [6.45, 7) is 2.09. The predicted octanol–water partition coefficient (Wildman–Crippen LogP) is 3.37. The first-order chi connectivity index (χ1) is 9.13. The molecule has 0 bridgehead atoms. The zero-order valence-electron chi connectivity index (χ0n) is 11.3. The Kier molecular flexibility index (Phi) is 3.21. The lowest BCUT2D eigenvalue weighted by Crippen LogP contribution is -2.19. The highest BCUT2D eigenvalue weighted by atomic mass is 16.5. The van der Waals surface area contributed by atoms with Crippen LogP contribution in [0.2, 0.25) is 0 Å². The number of carboxylic acid groups (broad SMARTS) is 1. The van der Waals surface area contributed by atoms with Gasteiger partial charge in [0.2, 0.25) is 0 Å². The lowest BCUT2D eigenvalue weighted by atomic mass is 9.88. The van der Waals surface area contributed by atoms with Crippen LogP contribution < -0.4 is 4.74 Å². The standard InChI is InChI=1S/C16H20O3/c1-10-2-3-13-8-12(6-7-15(13)19-10)14(9-16(17)18)11-4-5-11/h6-8,10-11,14H,2-5,9H2,1H3,(H,17,18). The van der Waals surface area contributed by atoms with Gasteiger partial charge in [0.15, 0.2) is 0 Å². The molecule has 0 amide bonds. The molecule has 2 unspecified atom stereocenters. The first kappa shape index (κ1) is 12.5. The molecule has 1 N–H and O–H groups in total. The molecule has 1 aliphatic heterocycles. The van der Waals surface area contributed by atoms with E-state index in [2.05, 4.69) is 19.1 Å². The zero-order valence-corrected chi connectivity index (χ0v) is 11.3. The number of fused-ring (bicyclic) bond motifs is 1. The van der Waals surface area contributed by atoms with E-state index in [0.717, 1.165) is 18.6 Å². The number of hydrogen-bond donors (Lipinski definition) is 1. The van der Waals surface area contributed by atoms with Gasteiger partial charge in [-0.15, -0.1) is 0 Å². The molecule has 0 radical (unpaired) electrons. The maximum atomic E-state index is 11.0. The van der Waals surface area contributed by atoms with Crippen LogP contribution in [0.15, 0.2) is 18.2 Å². The van der Waals surface area contributed by atoms with Gasteiger partial charge in [0.1, 0.15) is 5.75 Å². The fraction of sp³-hybridized carbons (Fsp3) is 0.562. The molecule has 0 aromatic heterocycles. The average molecular weight is 260 g/mol. The predicted molar refractivity (Wildman–Crippen MR) is 72.6 cm³/mol. The van der Waals surface area contributed by atoms with Crippen molar-refractivity contribution in [2.45, 2.75) is 51.0 Å². The first-order valence-corrected chi connectivity index (χ1v) is 7.15. The van der Waals surface area contributed by atoms with Gasteiger partial charge in [-0.3, -0.25) is 4.79 Å². The van der Waals surface area contributed by atoms with Crippen LogP contribution in [0.5, 0.6) is 5.75 Å². The van der Waals surface area contributed by atoms with Gasteiger partial charge >= 0.3 is 5.97 Å². The van der Waals surface area contributed by atoms with Crippen LogP contribution in [0.1, 0.15) is 49.7 Å². The number of benzene rings is 1. The topological polar surface area (TPSA) is 46.5 Å². The van der Waals surface area contributed by atoms with Crippen molar-refractivity contribution in [1.29, 1.82) is 0 Å². The minimum atomic E-state index is -0.695. The normalized spacial score (nSPS) is 23.3. The molecule has 1 aromatic carbocycles. The van der Waals surface area contributed by atoms with Crippen molar-refractivity contribution in [3.8, 4) is 5.75 Å². The molecule has 3 nitrogen and oxygen atoms in total. The van der Waals surface area contributed by atoms with Gasteiger partial charge in [-0.05, 0) is 61.6 Å². The average Bonchev–Trinajstić information content (AvgIpc) is 3.19. The highest BCUT2D eigenvalue weighted by molar-refractivity contribution is 5.68. The third-order valence-electron chi connectivity index (χ3n) is 4.25. The second-order valence-corrected chi connectivity index (χ2v) is 5.88. The lowest BCUT2D eigenvalue weighted by molar-refractivity contribution is -0.137. The number of carbonyl (C=O) groups is 1. The maximum Gasteiger partial charge on any atom is 0.303 e. The van der Waals surface area contributed by atoms with Crippen LogP contribution in [-0.4, -0.2) is 17.2 Å². The van der Waals surface area contributed by atoms with E-state index in [1.165, 1.54) is 24.0 Å². The highest BCUT2D eigenvalue weighted by Crippen LogP contribution is 2.45. The van der Waals surface area contributed by atoms with Crippen molar-refractivity contribution in [2.24, 2.45) is 5.92 Å². The molecule has 102 valence electrons. The van der Waals surface area contributed by atoms with Crippen LogP contribution in [0, 0.1) is 5.92 Å². The monoisotopic (exact) mass is 260 g/mol. The number of aliphatic carboxylic acids is 1. The van der Waals surface area contributed by atoms with Gasteiger partial charge in [-0.25, -0.2) is 0 Å². The van der Waals surface area contributed by atoms with Crippen LogP contribution in [0.3, 0.4) is 0 Å². The second kappa shape index (κ2) is 4.87. The summed E-state index contributed by atoms with van der Waals surface area (Å²) in [5.41, 5.74) is 2.42. The summed E-state index contributed by atoms with van der Waals surface area (Å²) >= 11 is 0. The van der Waals surface area contributed by atoms with Crippen LogP contribution in [0.4, 0.5) is 0 Å². The Morgan fingerprint density at radius 2 is 2.21 bits per heavy atom. The van der Waals surface area contributed by atoms with Crippen LogP contribution in [-0.2, 0) is 11.2 Å². The molecular weight excluding hydrogens is 240 g/mol. The number of carboxylic acids is 1. The second-order valence-electron chi connectivity index (χ2n) is 5.88. The van der Waals surface area contributed by atoms with Crippen molar-refractivity contribution < 1.29 is 14.6 Å². The quantitative estimate of drug-likeness (QED) is 0.902. The number of hydrogen-bond acceptors (Lipinski definition) is 2. The summed E-state index contributed by atoms with van der Waals surface area (Å²) in [6, 6.07) is 6.26. The molecule has 1 heterocycles. The maximum absolute atomic E-state index is 11.0. The lowest BCUT2D eigenvalue weighted by Gasteiger charge is -2.25. The van der Waals surface area contributed by atoms with Gasteiger partial charge in [-0.2, -0.15) is 0 Å². The summed E-state index contributed by atoms with van der Waals surface area (Å²) in [4.78, 5) is 11.0. The molecule has 2 aliphatic rings. The third-order valence-corrected chi connectivity index (χ3v) is 4.25. The smallest absolute Gasteiger partial charge is 0.303 e. The largest absolute Gasteiger partial charge is 0.490 e. The first-order valence-electron chi connectivity index (χ1n) is 7.15. The van der Waals surface area contributed by atoms with Crippen molar-refractivity contribution in [3.63, 3.8) is 0 Å². The fourth-order valence-electron chi connectivity index (χ4n) is 3.02. The van der Waals surface area contributed by atoms with Crippen LogP contribution in [0.25, 0.3) is 0 Å². The van der Waals surface area contributed by atoms with E-state index in [1.807, 2.05) is 6.07 Å². The van der Waals surface area contributed by atoms with Gasteiger partial charge in [0.25, 0.3) is 0 Å². The summed E-state index contributed by atoms with van der Waals surface area (Å²) < 4.78 is 5.81. The molecule has 1 fully saturated rings. The molecule has 3 rings (SSSR count). The Morgan fingerprint density at radius 1 is 1.42 bits per heavy atom. The highest BCUT2D eigenvalue weighted by Gasteiger charge is 2.34. The summed E-state index contributed by atoms with van der Waals surface area (Å²) in [5.74, 6) is 1.03. The Hall–Kier alpha value is -1.51. The van der Waals surface area contributed by atoms with Crippen molar-refractivity contribution in [3.05, 3.63) is 29.3 Å². The van der Waals surface area contributed by atoms with Crippen molar-refractivity contribution in [2.75, 3.05) is 0 Å². The van der Waals surface area contributed by atoms with Gasteiger partial charge < -0.3 is 9.84 Å². The molecule has 2 atom stereocenters. The van der Waals surface area contributed by atoms with E-state index < -0.39 is 5.97 Å². The van der Waals surface area contributed by atoms with E-state index in [4.69, 9.17) is 9.84 Å². The molecule has 19 heavy (non-hydrogen) atoms. The third kappa shape index (κ3) is 2.75. The van der Waals surface area contributed by atoms with E-state index in [1.54, 1.807) is 0 Å². The van der Waals surface area contributed by atoms with Gasteiger partial charge in [0, 0.05) is 0 Å². The minimum absolute atomic E-state index is 0.183. The van der Waals surface area contributed by atoms with Gasteiger partial charge in [0.05, 0.1) is 12.5 Å². The number of rotatable bonds is 4. The molecule has 1 aromatic rings. The van der Waals surface area contributed by atoms with E-state index >= 15 is 0 Å². The van der Waals surface area contributed by atoms with E-state index in [-0.39, 0.29) is 18.4 Å². The Labute approximate surface area is 113 Å². The summed E-state index contributed by atoms with van der Waals surface area (Å²) in [5, 5.41) is 9.07. The minimum Gasteiger partial charge on any atom is -0.490 e. The van der Waals surface area contributed by atoms with Crippen molar-refractivity contribution >= 4 is 5.97 Å². The van der Waals surface area contributed by atoms with Crippen LogP contribution >= 0.6 is 0 Å². The molecule has 0 saturated heterocycles. The zero-order chi connectivity index (χ0) is 13.4. The number of aryl methyl sites for hydroxylation is 1. The fourth-order valence-corrected chi connectivity index (χ4v) is 3.02. The molecule has 1 aliphatic carbocycles. The van der Waals surface area contributed by atoms with Gasteiger partial charge in [-0.1, -0.05) is 12.1 Å². The Morgan fingerprint density at radius 3 is 2.89 bits per heavy atom. The Balaban J connectivity index is 1.85. The molecular formula is C16H20O3.